The Labute approximate surface area is 146 Å². The molecule has 0 spiro atoms. The van der Waals surface area contributed by atoms with Crippen LogP contribution in [0.15, 0.2) is 30.5 Å². The number of hydrogen-bond donors (Lipinski definition) is 2. The second-order valence-corrected chi connectivity index (χ2v) is 6.35. The summed E-state index contributed by atoms with van der Waals surface area (Å²) >= 11 is 0. The van der Waals surface area contributed by atoms with Crippen molar-refractivity contribution in [3.05, 3.63) is 47.3 Å². The highest BCUT2D eigenvalue weighted by Gasteiger charge is 2.40. The summed E-state index contributed by atoms with van der Waals surface area (Å²) in [6.45, 7) is 2.67. The van der Waals surface area contributed by atoms with Gasteiger partial charge in [0, 0.05) is 12.1 Å². The van der Waals surface area contributed by atoms with E-state index in [0.717, 1.165) is 6.42 Å². The normalized spacial score (nSPS) is 19.2. The van der Waals surface area contributed by atoms with Crippen LogP contribution in [0.4, 0.5) is 13.2 Å². The van der Waals surface area contributed by atoms with Gasteiger partial charge in [-0.1, -0.05) is 6.92 Å². The monoisotopic (exact) mass is 367 g/mol. The lowest BCUT2D eigenvalue weighted by Gasteiger charge is -2.12. The number of hydrogen-bond acceptors (Lipinski definition) is 3. The fraction of sp³-hybridized carbons (Fsp3) is 0.353. The number of nitrogens with zero attached hydrogens (tertiary/aromatic N) is 2. The summed E-state index contributed by atoms with van der Waals surface area (Å²) in [6, 6.07) is 5.34. The molecule has 6 nitrogen and oxygen atoms in total. The minimum atomic E-state index is -4.89. The highest BCUT2D eigenvalue weighted by molar-refractivity contribution is 5.94. The van der Waals surface area contributed by atoms with Crippen molar-refractivity contribution in [3.63, 3.8) is 0 Å². The Balaban J connectivity index is 1.82. The lowest BCUT2D eigenvalue weighted by Crippen LogP contribution is -2.25. The lowest BCUT2D eigenvalue weighted by atomic mass is 10.1. The smallest absolute Gasteiger partial charge is 0.434 e. The molecular formula is C17H16F3N3O3. The molecule has 26 heavy (non-hydrogen) atoms. The van der Waals surface area contributed by atoms with Crippen LogP contribution < -0.4 is 5.32 Å². The third-order valence-corrected chi connectivity index (χ3v) is 4.44. The van der Waals surface area contributed by atoms with Crippen molar-refractivity contribution in [2.45, 2.75) is 19.5 Å². The molecule has 9 heteroatoms. The van der Waals surface area contributed by atoms with Crippen LogP contribution in [-0.4, -0.2) is 33.3 Å². The molecule has 138 valence electrons. The van der Waals surface area contributed by atoms with Gasteiger partial charge in [0.25, 0.3) is 5.91 Å². The molecule has 1 amide bonds. The van der Waals surface area contributed by atoms with Crippen LogP contribution in [0.2, 0.25) is 0 Å². The first-order chi connectivity index (χ1) is 12.2. The van der Waals surface area contributed by atoms with Crippen molar-refractivity contribution in [2.75, 3.05) is 6.54 Å². The predicted octanol–water partition coefficient (Wildman–Crippen LogP) is 2.98. The Hall–Kier alpha value is -2.84. The second-order valence-electron chi connectivity index (χ2n) is 6.35. The number of alkyl halides is 3. The van der Waals surface area contributed by atoms with Crippen LogP contribution in [0, 0.1) is 11.8 Å². The van der Waals surface area contributed by atoms with Crippen molar-refractivity contribution < 1.29 is 27.9 Å². The Morgan fingerprint density at radius 3 is 2.42 bits per heavy atom. The Morgan fingerprint density at radius 2 is 1.92 bits per heavy atom. The number of aromatic carboxylic acids is 1. The Kier molecular flexibility index (Phi) is 4.47. The maximum Gasteiger partial charge on any atom is 0.434 e. The fourth-order valence-corrected chi connectivity index (χ4v) is 2.74. The van der Waals surface area contributed by atoms with E-state index in [1.807, 2.05) is 0 Å². The van der Waals surface area contributed by atoms with Gasteiger partial charge >= 0.3 is 12.1 Å². The van der Waals surface area contributed by atoms with Crippen molar-refractivity contribution >= 4 is 11.9 Å². The SMILES string of the molecule is CC1CC1CNC(=O)c1ccc(-n2ncc(C(=O)O)c2C(F)(F)F)cc1. The zero-order valence-corrected chi connectivity index (χ0v) is 13.7. The third-order valence-electron chi connectivity index (χ3n) is 4.44. The molecule has 0 saturated heterocycles. The minimum absolute atomic E-state index is 0.0113. The van der Waals surface area contributed by atoms with Crippen LogP contribution in [0.3, 0.4) is 0 Å². The van der Waals surface area contributed by atoms with Crippen LogP contribution in [0.25, 0.3) is 5.69 Å². The quantitative estimate of drug-likeness (QED) is 0.851. The standard InChI is InChI=1S/C17H16F3N3O3/c1-9-6-11(9)7-21-15(24)10-2-4-12(5-3-10)23-14(17(18,19)20)13(8-22-23)16(25)26/h2-5,8-9,11H,6-7H2,1H3,(H,21,24)(H,25,26). The summed E-state index contributed by atoms with van der Waals surface area (Å²) in [6.07, 6.45) is -3.16. The van der Waals surface area contributed by atoms with Gasteiger partial charge in [0.15, 0.2) is 5.69 Å². The molecule has 2 atom stereocenters. The number of amides is 1. The van der Waals surface area contributed by atoms with Crippen LogP contribution in [0.5, 0.6) is 0 Å². The molecule has 1 aliphatic carbocycles. The molecule has 1 heterocycles. The van der Waals surface area contributed by atoms with Crippen molar-refractivity contribution in [1.82, 2.24) is 15.1 Å². The maximum absolute atomic E-state index is 13.2. The highest BCUT2D eigenvalue weighted by Crippen LogP contribution is 2.37. The highest BCUT2D eigenvalue weighted by atomic mass is 19.4. The van der Waals surface area contributed by atoms with E-state index in [9.17, 15) is 22.8 Å². The molecule has 1 saturated carbocycles. The van der Waals surface area contributed by atoms with Gasteiger partial charge in [-0.2, -0.15) is 18.3 Å². The predicted molar refractivity (Wildman–Crippen MR) is 85.1 cm³/mol. The summed E-state index contributed by atoms with van der Waals surface area (Å²) in [4.78, 5) is 23.1. The average molecular weight is 367 g/mol. The fourth-order valence-electron chi connectivity index (χ4n) is 2.74. The zero-order chi connectivity index (χ0) is 19.1. The van der Waals surface area contributed by atoms with Gasteiger partial charge in [-0.15, -0.1) is 0 Å². The number of rotatable bonds is 5. The van der Waals surface area contributed by atoms with Gasteiger partial charge in [-0.3, -0.25) is 4.79 Å². The summed E-state index contributed by atoms with van der Waals surface area (Å²) in [5.74, 6) is -0.944. The number of benzene rings is 1. The molecule has 1 fully saturated rings. The summed E-state index contributed by atoms with van der Waals surface area (Å²) < 4.78 is 40.2. The summed E-state index contributed by atoms with van der Waals surface area (Å²) in [5, 5.41) is 15.3. The summed E-state index contributed by atoms with van der Waals surface area (Å²) in [7, 11) is 0. The minimum Gasteiger partial charge on any atom is -0.478 e. The van der Waals surface area contributed by atoms with E-state index in [0.29, 0.717) is 34.8 Å². The molecule has 2 unspecified atom stereocenters. The number of carbonyl (C=O) groups excluding carboxylic acids is 1. The van der Waals surface area contributed by atoms with Crippen molar-refractivity contribution in [3.8, 4) is 5.69 Å². The van der Waals surface area contributed by atoms with Crippen LogP contribution in [-0.2, 0) is 6.18 Å². The van der Waals surface area contributed by atoms with Gasteiger partial charge in [0.2, 0.25) is 0 Å². The van der Waals surface area contributed by atoms with E-state index in [1.165, 1.54) is 24.3 Å². The first kappa shape index (κ1) is 18.0. The molecule has 0 bridgehead atoms. The maximum atomic E-state index is 13.2. The number of carbonyl (C=O) groups is 2. The molecule has 2 N–H and O–H groups in total. The van der Waals surface area contributed by atoms with Gasteiger partial charge < -0.3 is 10.4 Å². The number of halogens is 3. The molecule has 0 radical (unpaired) electrons. The number of nitrogens with one attached hydrogen (secondary N) is 1. The first-order valence-corrected chi connectivity index (χ1v) is 7.95. The van der Waals surface area contributed by atoms with Gasteiger partial charge in [-0.25, -0.2) is 9.48 Å². The van der Waals surface area contributed by atoms with Gasteiger partial charge in [-0.05, 0) is 42.5 Å². The van der Waals surface area contributed by atoms with E-state index < -0.39 is 23.4 Å². The largest absolute Gasteiger partial charge is 0.478 e. The molecule has 1 aliphatic rings. The van der Waals surface area contributed by atoms with Crippen LogP contribution >= 0.6 is 0 Å². The Morgan fingerprint density at radius 1 is 1.31 bits per heavy atom. The second kappa shape index (κ2) is 6.47. The van der Waals surface area contributed by atoms with Gasteiger partial charge in [0.1, 0.15) is 5.56 Å². The third kappa shape index (κ3) is 3.56. The van der Waals surface area contributed by atoms with E-state index in [1.54, 1.807) is 0 Å². The molecule has 0 aliphatic heterocycles. The number of carboxylic acids is 1. The lowest BCUT2D eigenvalue weighted by molar-refractivity contribution is -0.143. The zero-order valence-electron chi connectivity index (χ0n) is 13.7. The van der Waals surface area contributed by atoms with Crippen LogP contribution in [0.1, 0.15) is 39.8 Å². The molecule has 3 rings (SSSR count). The van der Waals surface area contributed by atoms with Gasteiger partial charge in [0.05, 0.1) is 11.9 Å². The molecule has 2 aromatic rings. The Bertz CT molecular complexity index is 843. The van der Waals surface area contributed by atoms with Crippen molar-refractivity contribution in [2.24, 2.45) is 11.8 Å². The number of aromatic nitrogens is 2. The van der Waals surface area contributed by atoms with E-state index in [2.05, 4.69) is 17.3 Å². The molecule has 1 aromatic heterocycles. The molecule has 1 aromatic carbocycles. The van der Waals surface area contributed by atoms with E-state index in [-0.39, 0.29) is 11.6 Å². The first-order valence-electron chi connectivity index (χ1n) is 7.95. The molecular weight excluding hydrogens is 351 g/mol. The van der Waals surface area contributed by atoms with E-state index >= 15 is 0 Å². The topological polar surface area (TPSA) is 84.2 Å². The van der Waals surface area contributed by atoms with Crippen molar-refractivity contribution in [1.29, 1.82) is 0 Å². The van der Waals surface area contributed by atoms with E-state index in [4.69, 9.17) is 5.11 Å². The number of carboxylic acid groups (broad SMARTS) is 1. The summed E-state index contributed by atoms with van der Waals surface area (Å²) in [5.41, 5.74) is -1.98. The average Bonchev–Trinajstić information content (AvgIpc) is 3.09.